The van der Waals surface area contributed by atoms with Crippen LogP contribution in [-0.2, 0) is 30.4 Å². The highest BCUT2D eigenvalue weighted by Crippen LogP contribution is 2.18. The van der Waals surface area contributed by atoms with E-state index in [1.807, 2.05) is 36.4 Å². The molecule has 4 rings (SSSR count). The maximum atomic E-state index is 14.0. The Morgan fingerprint density at radius 3 is 1.92 bits per heavy atom. The molecule has 0 saturated carbocycles. The molecule has 1 fully saturated rings. The number of carbonyl (C=O) groups excluding carboxylic acids is 6. The molecule has 1 saturated heterocycles. The number of rotatable bonds is 5. The molecule has 0 radical (unpaired) electrons. The van der Waals surface area contributed by atoms with E-state index in [1.54, 1.807) is 68.4 Å². The molecule has 0 bridgehead atoms. The third-order valence-electron chi connectivity index (χ3n) is 8.79. The fourth-order valence-electron chi connectivity index (χ4n) is 5.67. The summed E-state index contributed by atoms with van der Waals surface area (Å²) in [7, 11) is 1.46. The van der Waals surface area contributed by atoms with Crippen LogP contribution < -0.4 is 21.3 Å². The maximum absolute atomic E-state index is 14.0. The number of hydrogen-bond acceptors (Lipinski definition) is 6. The van der Waals surface area contributed by atoms with Gasteiger partial charge in [-0.2, -0.15) is 0 Å². The van der Waals surface area contributed by atoms with Crippen molar-refractivity contribution >= 4 is 35.4 Å². The zero-order valence-electron chi connectivity index (χ0n) is 29.1. The Labute approximate surface area is 293 Å². The molecule has 1 aliphatic rings. The van der Waals surface area contributed by atoms with Gasteiger partial charge in [-0.3, -0.25) is 28.8 Å². The van der Waals surface area contributed by atoms with Crippen molar-refractivity contribution in [3.8, 4) is 0 Å². The van der Waals surface area contributed by atoms with E-state index in [2.05, 4.69) is 21.3 Å². The Hall–Kier alpha value is -5.52. The summed E-state index contributed by atoms with van der Waals surface area (Å²) < 4.78 is 0. The molecule has 3 aromatic carbocycles. The second-order valence-electron chi connectivity index (χ2n) is 12.9. The standard InChI is InChI=1S/C38H46N6O6/c1-24(2)33-36(48)39-25(3)34(46)41-31(28-17-11-7-12-18-28)22-44(37(49)29-19-13-8-14-20-29)23-32(45)40-30(21-27-15-9-6-10-16-27)38(50)43(5)26(4)35(47)42-33/h6-20,24-26,30-31,33H,21-23H2,1-5H3,(H,39,48)(H,40,45)(H,41,46)(H,42,47)/t25-,26-,30-,31-,33+/m0/s1. The number of hydrogen-bond donors (Lipinski definition) is 4. The van der Waals surface area contributed by atoms with E-state index in [0.29, 0.717) is 11.1 Å². The van der Waals surface area contributed by atoms with Gasteiger partial charge in [-0.25, -0.2) is 0 Å². The van der Waals surface area contributed by atoms with Crippen LogP contribution in [0.15, 0.2) is 91.0 Å². The SMILES string of the molecule is CC(C)[C@H]1NC(=O)[C@H](C)N(C)C(=O)[C@H](Cc2ccccc2)NC(=O)CN(C(=O)c2ccccc2)C[C@@H](c2ccccc2)NC(=O)[C@H](C)NC1=O. The second-order valence-corrected chi connectivity index (χ2v) is 12.9. The molecule has 4 N–H and O–H groups in total. The van der Waals surface area contributed by atoms with Crippen molar-refractivity contribution in [2.45, 2.75) is 64.3 Å². The first kappa shape index (κ1) is 37.3. The van der Waals surface area contributed by atoms with Crippen molar-refractivity contribution in [3.05, 3.63) is 108 Å². The second kappa shape index (κ2) is 17.2. The van der Waals surface area contributed by atoms with Gasteiger partial charge in [0.05, 0.1) is 12.6 Å². The Bertz CT molecular complexity index is 1650. The van der Waals surface area contributed by atoms with Crippen molar-refractivity contribution in [3.63, 3.8) is 0 Å². The van der Waals surface area contributed by atoms with E-state index in [0.717, 1.165) is 5.56 Å². The van der Waals surface area contributed by atoms with Gasteiger partial charge in [0.25, 0.3) is 5.91 Å². The van der Waals surface area contributed by atoms with Gasteiger partial charge >= 0.3 is 0 Å². The topological polar surface area (TPSA) is 157 Å². The van der Waals surface area contributed by atoms with Gasteiger partial charge < -0.3 is 31.1 Å². The quantitative estimate of drug-likeness (QED) is 0.324. The molecule has 1 aliphatic heterocycles. The lowest BCUT2D eigenvalue weighted by atomic mass is 10.0. The number of likely N-dealkylation sites (N-methyl/N-ethyl adjacent to an activating group) is 1. The summed E-state index contributed by atoms with van der Waals surface area (Å²) in [5.41, 5.74) is 1.77. The predicted octanol–water partition coefficient (Wildman–Crippen LogP) is 2.22. The average Bonchev–Trinajstić information content (AvgIpc) is 3.12. The molecule has 12 heteroatoms. The summed E-state index contributed by atoms with van der Waals surface area (Å²) in [5, 5.41) is 11.2. The fourth-order valence-corrected chi connectivity index (χ4v) is 5.67. The van der Waals surface area contributed by atoms with E-state index in [-0.39, 0.29) is 18.9 Å². The minimum absolute atomic E-state index is 0.101. The number of amides is 6. The number of carbonyl (C=O) groups is 6. The van der Waals surface area contributed by atoms with E-state index < -0.39 is 72.2 Å². The number of nitrogens with zero attached hydrogens (tertiary/aromatic N) is 2. The van der Waals surface area contributed by atoms with Crippen molar-refractivity contribution in [2.24, 2.45) is 5.92 Å². The summed E-state index contributed by atoms with van der Waals surface area (Å²) in [4.78, 5) is 84.9. The lowest BCUT2D eigenvalue weighted by molar-refractivity contribution is -0.142. The summed E-state index contributed by atoms with van der Waals surface area (Å²) in [6.45, 7) is 6.04. The first-order valence-corrected chi connectivity index (χ1v) is 16.8. The van der Waals surface area contributed by atoms with Crippen LogP contribution in [-0.4, -0.2) is 89.5 Å². The smallest absolute Gasteiger partial charge is 0.254 e. The molecule has 0 spiro atoms. The third-order valence-corrected chi connectivity index (χ3v) is 8.79. The first-order valence-electron chi connectivity index (χ1n) is 16.8. The van der Waals surface area contributed by atoms with Gasteiger partial charge in [0.15, 0.2) is 0 Å². The van der Waals surface area contributed by atoms with Crippen LogP contribution in [0.1, 0.15) is 55.2 Å². The minimum atomic E-state index is -1.09. The van der Waals surface area contributed by atoms with E-state index >= 15 is 0 Å². The zero-order chi connectivity index (χ0) is 36.4. The fraction of sp³-hybridized carbons (Fsp3) is 0.368. The first-order chi connectivity index (χ1) is 23.8. The highest BCUT2D eigenvalue weighted by Gasteiger charge is 2.35. The average molecular weight is 683 g/mol. The molecule has 0 unspecified atom stereocenters. The summed E-state index contributed by atoms with van der Waals surface area (Å²) in [5.74, 6) is -3.62. The predicted molar refractivity (Wildman–Crippen MR) is 188 cm³/mol. The lowest BCUT2D eigenvalue weighted by Crippen LogP contribution is -2.59. The van der Waals surface area contributed by atoms with E-state index in [9.17, 15) is 28.8 Å². The third kappa shape index (κ3) is 9.77. The van der Waals surface area contributed by atoms with Crippen LogP contribution in [0.25, 0.3) is 0 Å². The van der Waals surface area contributed by atoms with Crippen molar-refractivity contribution in [1.82, 2.24) is 31.1 Å². The van der Waals surface area contributed by atoms with Crippen molar-refractivity contribution in [2.75, 3.05) is 20.1 Å². The molecule has 6 amide bonds. The lowest BCUT2D eigenvalue weighted by Gasteiger charge is -2.33. The van der Waals surface area contributed by atoms with Gasteiger partial charge in [-0.15, -0.1) is 0 Å². The normalized spacial score (nSPS) is 23.2. The van der Waals surface area contributed by atoms with Gasteiger partial charge in [0.1, 0.15) is 24.2 Å². The van der Waals surface area contributed by atoms with E-state index in [1.165, 1.54) is 30.7 Å². The van der Waals surface area contributed by atoms with Crippen LogP contribution >= 0.6 is 0 Å². The summed E-state index contributed by atoms with van der Waals surface area (Å²) in [6.07, 6.45) is 0.119. The van der Waals surface area contributed by atoms with Crippen LogP contribution in [0.4, 0.5) is 0 Å². The zero-order valence-corrected chi connectivity index (χ0v) is 29.1. The Morgan fingerprint density at radius 1 is 0.740 bits per heavy atom. The van der Waals surface area contributed by atoms with Crippen LogP contribution in [0, 0.1) is 5.92 Å². The Morgan fingerprint density at radius 2 is 1.32 bits per heavy atom. The molecule has 0 aromatic heterocycles. The molecule has 5 atom stereocenters. The molecule has 1 heterocycles. The largest absolute Gasteiger partial charge is 0.346 e. The molecule has 264 valence electrons. The molecule has 12 nitrogen and oxygen atoms in total. The van der Waals surface area contributed by atoms with Crippen LogP contribution in [0.3, 0.4) is 0 Å². The molecule has 50 heavy (non-hydrogen) atoms. The number of benzene rings is 3. The van der Waals surface area contributed by atoms with Crippen LogP contribution in [0.2, 0.25) is 0 Å². The Kier molecular flexibility index (Phi) is 12.9. The molecular formula is C38H46N6O6. The van der Waals surface area contributed by atoms with Crippen molar-refractivity contribution in [1.29, 1.82) is 0 Å². The Balaban J connectivity index is 1.77. The van der Waals surface area contributed by atoms with Gasteiger partial charge in [-0.05, 0) is 43.0 Å². The van der Waals surface area contributed by atoms with Gasteiger partial charge in [-0.1, -0.05) is 92.7 Å². The highest BCUT2D eigenvalue weighted by atomic mass is 16.2. The maximum Gasteiger partial charge on any atom is 0.254 e. The number of nitrogens with one attached hydrogen (secondary N) is 4. The monoisotopic (exact) mass is 682 g/mol. The summed E-state index contributed by atoms with van der Waals surface area (Å²) >= 11 is 0. The van der Waals surface area contributed by atoms with Crippen molar-refractivity contribution < 1.29 is 28.8 Å². The van der Waals surface area contributed by atoms with Gasteiger partial charge in [0.2, 0.25) is 29.5 Å². The van der Waals surface area contributed by atoms with Crippen LogP contribution in [0.5, 0.6) is 0 Å². The van der Waals surface area contributed by atoms with Gasteiger partial charge in [0, 0.05) is 25.6 Å². The van der Waals surface area contributed by atoms with E-state index in [4.69, 9.17) is 0 Å². The summed E-state index contributed by atoms with van der Waals surface area (Å²) in [6, 6.07) is 21.7. The highest BCUT2D eigenvalue weighted by molar-refractivity contribution is 5.98. The molecular weight excluding hydrogens is 636 g/mol. The molecule has 3 aromatic rings. The minimum Gasteiger partial charge on any atom is -0.346 e. The molecule has 0 aliphatic carbocycles.